The molecule has 1 aromatic heterocycles. The van der Waals surface area contributed by atoms with Crippen LogP contribution in [0.15, 0.2) is 36.5 Å². The number of aromatic nitrogens is 1. The minimum Gasteiger partial charge on any atom is -0.317 e. The minimum atomic E-state index is -0.0603. The lowest BCUT2D eigenvalue weighted by atomic mass is 10.2. The van der Waals surface area contributed by atoms with Gasteiger partial charge in [0.25, 0.3) is 0 Å². The highest BCUT2D eigenvalue weighted by atomic mass is 32.1. The molecule has 0 aliphatic rings. The van der Waals surface area contributed by atoms with Crippen molar-refractivity contribution < 1.29 is 4.79 Å². The quantitative estimate of drug-likeness (QED) is 0.884. The summed E-state index contributed by atoms with van der Waals surface area (Å²) in [5.74, 6) is -0.0603. The molecule has 0 saturated heterocycles. The minimum absolute atomic E-state index is 0.0603. The van der Waals surface area contributed by atoms with Crippen molar-refractivity contribution in [2.75, 3.05) is 5.32 Å². The Kier molecular flexibility index (Phi) is 3.31. The SMILES string of the molecule is CC(=O)Nc1cnc(Cc2ccccc2)s1. The fourth-order valence-electron chi connectivity index (χ4n) is 1.39. The molecule has 82 valence electrons. The second-order valence-electron chi connectivity index (χ2n) is 3.46. The van der Waals surface area contributed by atoms with Crippen LogP contribution < -0.4 is 5.32 Å². The fourth-order valence-corrected chi connectivity index (χ4v) is 2.29. The lowest BCUT2D eigenvalue weighted by Crippen LogP contribution is -2.03. The Bertz CT molecular complexity index is 479. The Morgan fingerprint density at radius 2 is 2.12 bits per heavy atom. The lowest BCUT2D eigenvalue weighted by Gasteiger charge is -1.96. The summed E-state index contributed by atoms with van der Waals surface area (Å²) in [6.45, 7) is 1.50. The van der Waals surface area contributed by atoms with E-state index in [4.69, 9.17) is 0 Å². The van der Waals surface area contributed by atoms with Crippen LogP contribution in [0, 0.1) is 0 Å². The molecule has 1 amide bonds. The average molecular weight is 232 g/mol. The first kappa shape index (κ1) is 10.8. The molecule has 0 aliphatic carbocycles. The zero-order valence-electron chi connectivity index (χ0n) is 8.93. The highest BCUT2D eigenvalue weighted by Gasteiger charge is 2.03. The Hall–Kier alpha value is -1.68. The number of carbonyl (C=O) groups is 1. The van der Waals surface area contributed by atoms with Gasteiger partial charge in [0.05, 0.1) is 11.2 Å². The molecule has 0 atom stereocenters. The van der Waals surface area contributed by atoms with E-state index in [0.717, 1.165) is 16.4 Å². The van der Waals surface area contributed by atoms with Crippen molar-refractivity contribution in [3.05, 3.63) is 47.1 Å². The molecule has 16 heavy (non-hydrogen) atoms. The van der Waals surface area contributed by atoms with Gasteiger partial charge in [0.15, 0.2) is 0 Å². The maximum Gasteiger partial charge on any atom is 0.221 e. The van der Waals surface area contributed by atoms with Crippen LogP contribution in [0.5, 0.6) is 0 Å². The predicted molar refractivity (Wildman–Crippen MR) is 65.7 cm³/mol. The summed E-state index contributed by atoms with van der Waals surface area (Å²) in [6.07, 6.45) is 2.51. The van der Waals surface area contributed by atoms with E-state index in [1.165, 1.54) is 23.8 Å². The van der Waals surface area contributed by atoms with Crippen molar-refractivity contribution in [3.63, 3.8) is 0 Å². The molecule has 1 N–H and O–H groups in total. The molecular weight excluding hydrogens is 220 g/mol. The van der Waals surface area contributed by atoms with E-state index >= 15 is 0 Å². The second-order valence-corrected chi connectivity index (χ2v) is 4.58. The van der Waals surface area contributed by atoms with Gasteiger partial charge in [0.2, 0.25) is 5.91 Å². The van der Waals surface area contributed by atoms with E-state index in [9.17, 15) is 4.79 Å². The van der Waals surface area contributed by atoms with Crippen LogP contribution in [0.2, 0.25) is 0 Å². The second kappa shape index (κ2) is 4.90. The molecule has 0 aliphatic heterocycles. The third-order valence-electron chi connectivity index (χ3n) is 2.05. The van der Waals surface area contributed by atoms with Crippen LogP contribution in [0.25, 0.3) is 0 Å². The maximum atomic E-state index is 10.8. The van der Waals surface area contributed by atoms with E-state index in [2.05, 4.69) is 22.4 Å². The zero-order valence-corrected chi connectivity index (χ0v) is 9.75. The Labute approximate surface area is 98.2 Å². The third-order valence-corrected chi connectivity index (χ3v) is 2.96. The third kappa shape index (κ3) is 2.90. The van der Waals surface area contributed by atoms with Gasteiger partial charge in [-0.25, -0.2) is 4.98 Å². The van der Waals surface area contributed by atoms with Gasteiger partial charge in [-0.3, -0.25) is 4.79 Å². The molecule has 4 heteroatoms. The van der Waals surface area contributed by atoms with Crippen LogP contribution in [-0.4, -0.2) is 10.9 Å². The number of rotatable bonds is 3. The lowest BCUT2D eigenvalue weighted by molar-refractivity contribution is -0.114. The summed E-state index contributed by atoms with van der Waals surface area (Å²) in [6, 6.07) is 10.2. The molecule has 2 rings (SSSR count). The van der Waals surface area contributed by atoms with Gasteiger partial charge in [0.1, 0.15) is 5.00 Å². The summed E-state index contributed by atoms with van der Waals surface area (Å²) in [4.78, 5) is 15.1. The summed E-state index contributed by atoms with van der Waals surface area (Å²) in [5, 5.41) is 4.54. The van der Waals surface area contributed by atoms with Gasteiger partial charge < -0.3 is 5.32 Å². The smallest absolute Gasteiger partial charge is 0.221 e. The van der Waals surface area contributed by atoms with Crippen LogP contribution in [0.1, 0.15) is 17.5 Å². The molecule has 1 aromatic carbocycles. The number of hydrogen-bond donors (Lipinski definition) is 1. The predicted octanol–water partition coefficient (Wildman–Crippen LogP) is 2.69. The van der Waals surface area contributed by atoms with Gasteiger partial charge in [-0.1, -0.05) is 30.3 Å². The molecule has 0 unspecified atom stereocenters. The number of hydrogen-bond acceptors (Lipinski definition) is 3. The van der Waals surface area contributed by atoms with E-state index in [-0.39, 0.29) is 5.91 Å². The van der Waals surface area contributed by atoms with E-state index in [0.29, 0.717) is 0 Å². The van der Waals surface area contributed by atoms with E-state index in [1.807, 2.05) is 18.2 Å². The van der Waals surface area contributed by atoms with Crippen LogP contribution in [-0.2, 0) is 11.2 Å². The number of carbonyl (C=O) groups excluding carboxylic acids is 1. The molecule has 0 fully saturated rings. The van der Waals surface area contributed by atoms with Gasteiger partial charge in [-0.15, -0.1) is 11.3 Å². The van der Waals surface area contributed by atoms with Gasteiger partial charge in [-0.2, -0.15) is 0 Å². The van der Waals surface area contributed by atoms with Crippen molar-refractivity contribution in [3.8, 4) is 0 Å². The fraction of sp³-hybridized carbons (Fsp3) is 0.167. The van der Waals surface area contributed by atoms with Gasteiger partial charge in [-0.05, 0) is 5.56 Å². The van der Waals surface area contributed by atoms with Crippen LogP contribution in [0.4, 0.5) is 5.00 Å². The summed E-state index contributed by atoms with van der Waals surface area (Å²) in [7, 11) is 0. The van der Waals surface area contributed by atoms with E-state index < -0.39 is 0 Å². The monoisotopic (exact) mass is 232 g/mol. The maximum absolute atomic E-state index is 10.8. The molecule has 0 saturated carbocycles. The van der Waals surface area contributed by atoms with Crippen molar-refractivity contribution in [2.24, 2.45) is 0 Å². The molecule has 3 nitrogen and oxygen atoms in total. The Morgan fingerprint density at radius 3 is 2.81 bits per heavy atom. The first-order valence-corrected chi connectivity index (χ1v) is 5.82. The summed E-state index contributed by atoms with van der Waals surface area (Å²) >= 11 is 1.51. The van der Waals surface area contributed by atoms with Crippen LogP contribution >= 0.6 is 11.3 Å². The first-order valence-electron chi connectivity index (χ1n) is 5.00. The molecule has 0 spiro atoms. The number of nitrogens with one attached hydrogen (secondary N) is 1. The number of thiazole rings is 1. The number of anilines is 1. The van der Waals surface area contributed by atoms with Crippen molar-refractivity contribution in [1.82, 2.24) is 4.98 Å². The normalized spacial score (nSPS) is 10.1. The summed E-state index contributed by atoms with van der Waals surface area (Å²) in [5.41, 5.74) is 1.23. The highest BCUT2D eigenvalue weighted by Crippen LogP contribution is 2.21. The van der Waals surface area contributed by atoms with Crippen molar-refractivity contribution in [2.45, 2.75) is 13.3 Å². The molecule has 0 radical (unpaired) electrons. The highest BCUT2D eigenvalue weighted by molar-refractivity contribution is 7.15. The average Bonchev–Trinajstić information content (AvgIpc) is 2.66. The molecule has 0 bridgehead atoms. The largest absolute Gasteiger partial charge is 0.317 e. The van der Waals surface area contributed by atoms with Crippen molar-refractivity contribution in [1.29, 1.82) is 0 Å². The van der Waals surface area contributed by atoms with E-state index in [1.54, 1.807) is 6.20 Å². The molecule has 1 heterocycles. The molecule has 2 aromatic rings. The summed E-state index contributed by atoms with van der Waals surface area (Å²) < 4.78 is 0. The van der Waals surface area contributed by atoms with Gasteiger partial charge in [0, 0.05) is 13.3 Å². The topological polar surface area (TPSA) is 42.0 Å². The van der Waals surface area contributed by atoms with Crippen LogP contribution in [0.3, 0.4) is 0 Å². The van der Waals surface area contributed by atoms with Gasteiger partial charge >= 0.3 is 0 Å². The van der Waals surface area contributed by atoms with Crippen molar-refractivity contribution >= 4 is 22.2 Å². The standard InChI is InChI=1S/C12H12N2OS/c1-9(15)14-12-8-13-11(16-12)7-10-5-3-2-4-6-10/h2-6,8H,7H2,1H3,(H,14,15). The first-order chi connectivity index (χ1) is 7.74. The molecular formula is C12H12N2OS. The Morgan fingerprint density at radius 1 is 1.38 bits per heavy atom. The number of benzene rings is 1. The number of amides is 1. The number of nitrogens with zero attached hydrogens (tertiary/aromatic N) is 1. The zero-order chi connectivity index (χ0) is 11.4. The Balaban J connectivity index is 2.06.